The largest absolute Gasteiger partial charge is 0.312 e. The zero-order valence-electron chi connectivity index (χ0n) is 14.3. The average molecular weight is 331 g/mol. The molecule has 1 aromatic heterocycles. The number of benzene rings is 2. The van der Waals surface area contributed by atoms with Crippen LogP contribution in [0, 0.1) is 12.8 Å². The van der Waals surface area contributed by atoms with Gasteiger partial charge in [0, 0.05) is 29.9 Å². The number of H-pyrrole nitrogens is 1. The standard InChI is InChI=1S/C21H21N3O/c1-15-3-2-4-16(11-15)12-18-9-10-24(21(18)25)20-7-5-17(6-8-20)19-13-22-23-14-19/h2-8,11,13-14,18H,9-10,12H2,1H3,(H,22,23). The molecule has 4 nitrogen and oxygen atoms in total. The second kappa shape index (κ2) is 6.55. The number of hydrogen-bond acceptors (Lipinski definition) is 2. The summed E-state index contributed by atoms with van der Waals surface area (Å²) in [5.41, 5.74) is 5.62. The zero-order chi connectivity index (χ0) is 17.2. The number of nitrogens with one attached hydrogen (secondary N) is 1. The number of aromatic nitrogens is 2. The number of hydrogen-bond donors (Lipinski definition) is 1. The summed E-state index contributed by atoms with van der Waals surface area (Å²) in [6.45, 7) is 2.88. The van der Waals surface area contributed by atoms with Gasteiger partial charge in [0.05, 0.1) is 6.20 Å². The zero-order valence-corrected chi connectivity index (χ0v) is 14.3. The molecule has 1 aliphatic rings. The van der Waals surface area contributed by atoms with E-state index in [2.05, 4.69) is 41.4 Å². The van der Waals surface area contributed by atoms with Gasteiger partial charge in [0.2, 0.25) is 5.91 Å². The number of carbonyl (C=O) groups is 1. The number of rotatable bonds is 4. The van der Waals surface area contributed by atoms with Crippen LogP contribution in [-0.4, -0.2) is 22.6 Å². The molecule has 1 aliphatic heterocycles. The maximum absolute atomic E-state index is 12.8. The number of anilines is 1. The summed E-state index contributed by atoms with van der Waals surface area (Å²) in [5.74, 6) is 0.313. The summed E-state index contributed by atoms with van der Waals surface area (Å²) in [6.07, 6.45) is 5.40. The molecular weight excluding hydrogens is 310 g/mol. The molecule has 4 heteroatoms. The molecule has 0 bridgehead atoms. The van der Waals surface area contributed by atoms with E-state index in [1.165, 1.54) is 11.1 Å². The molecule has 3 aromatic rings. The topological polar surface area (TPSA) is 49.0 Å². The summed E-state index contributed by atoms with van der Waals surface area (Å²) in [7, 11) is 0. The van der Waals surface area contributed by atoms with Crippen LogP contribution >= 0.6 is 0 Å². The number of aryl methyl sites for hydroxylation is 1. The fourth-order valence-electron chi connectivity index (χ4n) is 3.55. The minimum atomic E-state index is 0.0790. The van der Waals surface area contributed by atoms with Crippen LogP contribution in [0.2, 0.25) is 0 Å². The van der Waals surface area contributed by atoms with Gasteiger partial charge >= 0.3 is 0 Å². The maximum atomic E-state index is 12.8. The Hall–Kier alpha value is -2.88. The second-order valence-electron chi connectivity index (χ2n) is 6.70. The summed E-state index contributed by atoms with van der Waals surface area (Å²) in [5, 5.41) is 6.80. The number of aromatic amines is 1. The van der Waals surface area contributed by atoms with Crippen molar-refractivity contribution in [2.24, 2.45) is 5.92 Å². The van der Waals surface area contributed by atoms with Gasteiger partial charge in [0.25, 0.3) is 0 Å². The Bertz CT molecular complexity index is 868. The molecule has 0 spiro atoms. The van der Waals surface area contributed by atoms with Crippen LogP contribution < -0.4 is 4.90 Å². The summed E-state index contributed by atoms with van der Waals surface area (Å²) in [4.78, 5) is 14.7. The first-order valence-electron chi connectivity index (χ1n) is 8.67. The molecule has 0 saturated carbocycles. The predicted molar refractivity (Wildman–Crippen MR) is 99.4 cm³/mol. The molecule has 1 unspecified atom stereocenters. The predicted octanol–water partition coefficient (Wildman–Crippen LogP) is 3.98. The summed E-state index contributed by atoms with van der Waals surface area (Å²) < 4.78 is 0. The molecule has 1 fully saturated rings. The van der Waals surface area contributed by atoms with Crippen molar-refractivity contribution in [2.45, 2.75) is 19.8 Å². The lowest BCUT2D eigenvalue weighted by molar-refractivity contribution is -0.120. The molecule has 1 N–H and O–H groups in total. The van der Waals surface area contributed by atoms with Crippen molar-refractivity contribution < 1.29 is 4.79 Å². The van der Waals surface area contributed by atoms with Crippen molar-refractivity contribution >= 4 is 11.6 Å². The van der Waals surface area contributed by atoms with E-state index < -0.39 is 0 Å². The molecule has 126 valence electrons. The van der Waals surface area contributed by atoms with Crippen molar-refractivity contribution in [3.8, 4) is 11.1 Å². The molecule has 4 rings (SSSR count). The van der Waals surface area contributed by atoms with Gasteiger partial charge in [0.15, 0.2) is 0 Å². The molecule has 2 heterocycles. The lowest BCUT2D eigenvalue weighted by Gasteiger charge is -2.17. The summed E-state index contributed by atoms with van der Waals surface area (Å²) in [6, 6.07) is 16.6. The monoisotopic (exact) mass is 331 g/mol. The highest BCUT2D eigenvalue weighted by molar-refractivity contribution is 5.97. The highest BCUT2D eigenvalue weighted by atomic mass is 16.2. The third-order valence-corrected chi connectivity index (χ3v) is 4.89. The molecule has 1 atom stereocenters. The summed E-state index contributed by atoms with van der Waals surface area (Å²) >= 11 is 0. The third-order valence-electron chi connectivity index (χ3n) is 4.89. The van der Waals surface area contributed by atoms with E-state index in [0.29, 0.717) is 0 Å². The molecule has 0 radical (unpaired) electrons. The minimum absolute atomic E-state index is 0.0790. The maximum Gasteiger partial charge on any atom is 0.230 e. The molecule has 2 aromatic carbocycles. The highest BCUT2D eigenvalue weighted by Gasteiger charge is 2.32. The number of carbonyl (C=O) groups excluding carboxylic acids is 1. The lowest BCUT2D eigenvalue weighted by atomic mass is 9.97. The highest BCUT2D eigenvalue weighted by Crippen LogP contribution is 2.29. The van der Waals surface area contributed by atoms with Gasteiger partial charge in [-0.3, -0.25) is 9.89 Å². The van der Waals surface area contributed by atoms with Crippen molar-refractivity contribution in [1.82, 2.24) is 10.2 Å². The smallest absolute Gasteiger partial charge is 0.230 e. The molecular formula is C21H21N3O. The van der Waals surface area contributed by atoms with Gasteiger partial charge in [-0.1, -0.05) is 42.0 Å². The van der Waals surface area contributed by atoms with Crippen LogP contribution in [0.1, 0.15) is 17.5 Å². The Morgan fingerprint density at radius 3 is 2.72 bits per heavy atom. The van der Waals surface area contributed by atoms with Crippen LogP contribution in [0.25, 0.3) is 11.1 Å². The van der Waals surface area contributed by atoms with Crippen molar-refractivity contribution in [3.05, 3.63) is 72.1 Å². The van der Waals surface area contributed by atoms with Gasteiger partial charge in [-0.2, -0.15) is 5.10 Å². The van der Waals surface area contributed by atoms with E-state index >= 15 is 0 Å². The van der Waals surface area contributed by atoms with Crippen LogP contribution in [0.5, 0.6) is 0 Å². The van der Waals surface area contributed by atoms with Crippen LogP contribution in [0.3, 0.4) is 0 Å². The van der Waals surface area contributed by atoms with Gasteiger partial charge < -0.3 is 4.90 Å². The van der Waals surface area contributed by atoms with Crippen LogP contribution in [0.15, 0.2) is 60.9 Å². The van der Waals surface area contributed by atoms with Gasteiger partial charge in [-0.15, -0.1) is 0 Å². The fourth-order valence-corrected chi connectivity index (χ4v) is 3.55. The quantitative estimate of drug-likeness (QED) is 0.786. The molecule has 1 amide bonds. The first kappa shape index (κ1) is 15.6. The Morgan fingerprint density at radius 2 is 2.00 bits per heavy atom. The number of nitrogens with zero attached hydrogens (tertiary/aromatic N) is 2. The molecule has 25 heavy (non-hydrogen) atoms. The van der Waals surface area contributed by atoms with Crippen molar-refractivity contribution in [3.63, 3.8) is 0 Å². The first-order chi connectivity index (χ1) is 12.2. The minimum Gasteiger partial charge on any atom is -0.312 e. The fraction of sp³-hybridized carbons (Fsp3) is 0.238. The first-order valence-corrected chi connectivity index (χ1v) is 8.67. The third kappa shape index (κ3) is 3.20. The van der Waals surface area contributed by atoms with Crippen molar-refractivity contribution in [1.29, 1.82) is 0 Å². The van der Waals surface area contributed by atoms with Gasteiger partial charge in [0.1, 0.15) is 0 Å². The van der Waals surface area contributed by atoms with Crippen molar-refractivity contribution in [2.75, 3.05) is 11.4 Å². The molecule has 0 aliphatic carbocycles. The Morgan fingerprint density at radius 1 is 1.16 bits per heavy atom. The molecule has 1 saturated heterocycles. The average Bonchev–Trinajstić information content (AvgIpc) is 3.27. The second-order valence-corrected chi connectivity index (χ2v) is 6.70. The normalized spacial score (nSPS) is 17.2. The Labute approximate surface area is 147 Å². The van der Waals surface area contributed by atoms with E-state index in [0.717, 1.165) is 36.2 Å². The van der Waals surface area contributed by atoms with E-state index in [1.54, 1.807) is 6.20 Å². The van der Waals surface area contributed by atoms with Gasteiger partial charge in [-0.05, 0) is 43.0 Å². The van der Waals surface area contributed by atoms with E-state index in [9.17, 15) is 4.79 Å². The van der Waals surface area contributed by atoms with Crippen LogP contribution in [0.4, 0.5) is 5.69 Å². The van der Waals surface area contributed by atoms with E-state index in [-0.39, 0.29) is 11.8 Å². The lowest BCUT2D eigenvalue weighted by Crippen LogP contribution is -2.27. The Balaban J connectivity index is 1.48. The Kier molecular flexibility index (Phi) is 4.10. The number of amides is 1. The van der Waals surface area contributed by atoms with Crippen LogP contribution in [-0.2, 0) is 11.2 Å². The van der Waals surface area contributed by atoms with Gasteiger partial charge in [-0.25, -0.2) is 0 Å². The van der Waals surface area contributed by atoms with E-state index in [4.69, 9.17) is 0 Å². The van der Waals surface area contributed by atoms with E-state index in [1.807, 2.05) is 35.4 Å². The SMILES string of the molecule is Cc1cccc(CC2CCN(c3ccc(-c4cn[nH]c4)cc3)C2=O)c1.